The Morgan fingerprint density at radius 1 is 0.756 bits per heavy atom. The molecule has 0 spiro atoms. The third kappa shape index (κ3) is 7.86. The van der Waals surface area contributed by atoms with Gasteiger partial charge in [-0.2, -0.15) is 0 Å². The van der Waals surface area contributed by atoms with Crippen LogP contribution in [0.3, 0.4) is 0 Å². The Bertz CT molecular complexity index is 1120. The standard InChI is InChI=1S/C30H49B2NO8/c1-25(2,3)36-23(34)22(33-24(35)37-26(4,5)6)17-19-15-16-20(31-38-27(7,8)28(9,10)39-31)18-21(19)32-40-29(11,12)30(13,14)41-32/h15-16,18,22H,17H2,1-14H3,(H,33,35)/t22-/m1/s1. The van der Waals surface area contributed by atoms with Gasteiger partial charge in [0.2, 0.25) is 0 Å². The molecule has 0 aromatic heterocycles. The number of carbonyl (C=O) groups is 2. The van der Waals surface area contributed by atoms with Crippen molar-refractivity contribution >= 4 is 37.2 Å². The van der Waals surface area contributed by atoms with Gasteiger partial charge in [0.05, 0.1) is 22.4 Å². The minimum Gasteiger partial charge on any atom is -0.458 e. The topological polar surface area (TPSA) is 102 Å². The van der Waals surface area contributed by atoms with Crippen LogP contribution in [0.4, 0.5) is 4.79 Å². The van der Waals surface area contributed by atoms with Crippen molar-refractivity contribution in [1.29, 1.82) is 0 Å². The van der Waals surface area contributed by atoms with Crippen LogP contribution in [0.2, 0.25) is 0 Å². The number of esters is 1. The summed E-state index contributed by atoms with van der Waals surface area (Å²) < 4.78 is 36.6. The second-order valence-corrected chi connectivity index (χ2v) is 15.1. The van der Waals surface area contributed by atoms with Crippen LogP contribution in [0.25, 0.3) is 0 Å². The highest BCUT2D eigenvalue weighted by molar-refractivity contribution is 6.66. The lowest BCUT2D eigenvalue weighted by molar-refractivity contribution is -0.157. The van der Waals surface area contributed by atoms with E-state index in [-0.39, 0.29) is 6.42 Å². The zero-order valence-electron chi connectivity index (χ0n) is 27.4. The lowest BCUT2D eigenvalue weighted by Gasteiger charge is -2.32. The van der Waals surface area contributed by atoms with Gasteiger partial charge >= 0.3 is 26.3 Å². The third-order valence-corrected chi connectivity index (χ3v) is 8.01. The van der Waals surface area contributed by atoms with Gasteiger partial charge in [-0.25, -0.2) is 9.59 Å². The highest BCUT2D eigenvalue weighted by atomic mass is 16.7. The first-order valence-electron chi connectivity index (χ1n) is 14.4. The Morgan fingerprint density at radius 2 is 1.20 bits per heavy atom. The van der Waals surface area contributed by atoms with Crippen molar-refractivity contribution in [2.45, 2.75) is 143 Å². The first kappa shape index (κ1) is 33.4. The zero-order valence-corrected chi connectivity index (χ0v) is 27.4. The van der Waals surface area contributed by atoms with Crippen molar-refractivity contribution in [3.8, 4) is 0 Å². The van der Waals surface area contributed by atoms with Gasteiger partial charge < -0.3 is 33.4 Å². The number of hydrogen-bond donors (Lipinski definition) is 1. The van der Waals surface area contributed by atoms with Gasteiger partial charge in [-0.15, -0.1) is 0 Å². The number of benzene rings is 1. The summed E-state index contributed by atoms with van der Waals surface area (Å²) in [7, 11) is -1.32. The van der Waals surface area contributed by atoms with E-state index in [1.54, 1.807) is 41.5 Å². The first-order chi connectivity index (χ1) is 18.3. The summed E-state index contributed by atoms with van der Waals surface area (Å²) in [4.78, 5) is 26.1. The molecule has 9 nitrogen and oxygen atoms in total. The third-order valence-electron chi connectivity index (χ3n) is 8.01. The van der Waals surface area contributed by atoms with Gasteiger partial charge in [-0.1, -0.05) is 18.2 Å². The lowest BCUT2D eigenvalue weighted by Crippen LogP contribution is -2.49. The quantitative estimate of drug-likeness (QED) is 0.402. The molecule has 2 fully saturated rings. The van der Waals surface area contributed by atoms with Crippen LogP contribution in [-0.2, 0) is 39.3 Å². The Morgan fingerprint density at radius 3 is 1.63 bits per heavy atom. The summed E-state index contributed by atoms with van der Waals surface area (Å²) in [5.74, 6) is -0.571. The van der Waals surface area contributed by atoms with E-state index in [4.69, 9.17) is 28.1 Å². The SMILES string of the molecule is CC(C)(C)OC(=O)N[C@H](Cc1ccc(B2OC(C)(C)C(C)(C)O2)cc1B1OC(C)(C)C(C)(C)O1)C(=O)OC(C)(C)C. The van der Waals surface area contributed by atoms with Crippen LogP contribution < -0.4 is 16.2 Å². The largest absolute Gasteiger partial charge is 0.495 e. The molecule has 0 saturated carbocycles. The van der Waals surface area contributed by atoms with Gasteiger partial charge in [0, 0.05) is 6.42 Å². The summed E-state index contributed by atoms with van der Waals surface area (Å²) in [5, 5.41) is 2.72. The molecule has 41 heavy (non-hydrogen) atoms. The lowest BCUT2D eigenvalue weighted by atomic mass is 9.69. The predicted octanol–water partition coefficient (Wildman–Crippen LogP) is 4.06. The molecule has 0 aliphatic carbocycles. The van der Waals surface area contributed by atoms with Gasteiger partial charge in [0.1, 0.15) is 17.2 Å². The molecule has 2 aliphatic heterocycles. The van der Waals surface area contributed by atoms with E-state index in [0.717, 1.165) is 16.5 Å². The van der Waals surface area contributed by atoms with Crippen molar-refractivity contribution in [2.75, 3.05) is 0 Å². The molecule has 3 rings (SSSR count). The van der Waals surface area contributed by atoms with Crippen LogP contribution in [-0.4, -0.2) is 65.9 Å². The van der Waals surface area contributed by atoms with Gasteiger partial charge in [0.15, 0.2) is 0 Å². The van der Waals surface area contributed by atoms with Crippen LogP contribution in [0.15, 0.2) is 18.2 Å². The second kappa shape index (κ2) is 10.9. The average molecular weight is 573 g/mol. The average Bonchev–Trinajstić information content (AvgIpc) is 3.10. The summed E-state index contributed by atoms with van der Waals surface area (Å²) >= 11 is 0. The number of rotatable bonds is 6. The highest BCUT2D eigenvalue weighted by Crippen LogP contribution is 2.38. The van der Waals surface area contributed by atoms with E-state index in [0.29, 0.717) is 0 Å². The molecule has 1 atom stereocenters. The van der Waals surface area contributed by atoms with Gasteiger partial charge in [0.25, 0.3) is 0 Å². The molecule has 2 saturated heterocycles. The number of hydrogen-bond acceptors (Lipinski definition) is 8. The van der Waals surface area contributed by atoms with E-state index < -0.39 is 65.9 Å². The molecule has 0 radical (unpaired) electrons. The Kier molecular flexibility index (Phi) is 8.88. The Balaban J connectivity index is 2.03. The number of amides is 1. The van der Waals surface area contributed by atoms with E-state index in [1.807, 2.05) is 73.6 Å². The molecule has 1 amide bonds. The molecule has 1 N–H and O–H groups in total. The van der Waals surface area contributed by atoms with Crippen LogP contribution in [0, 0.1) is 0 Å². The van der Waals surface area contributed by atoms with E-state index in [1.165, 1.54) is 0 Å². The molecular weight excluding hydrogens is 524 g/mol. The summed E-state index contributed by atoms with van der Waals surface area (Å²) in [5.41, 5.74) is -1.43. The fourth-order valence-corrected chi connectivity index (χ4v) is 4.35. The molecule has 2 aliphatic rings. The second-order valence-electron chi connectivity index (χ2n) is 15.1. The van der Waals surface area contributed by atoms with Crippen molar-refractivity contribution < 1.29 is 37.7 Å². The number of carbonyl (C=O) groups excluding carboxylic acids is 2. The number of nitrogens with one attached hydrogen (secondary N) is 1. The highest BCUT2D eigenvalue weighted by Gasteiger charge is 2.54. The maximum atomic E-state index is 13.3. The van der Waals surface area contributed by atoms with E-state index in [9.17, 15) is 9.59 Å². The van der Waals surface area contributed by atoms with Gasteiger partial charge in [-0.05, 0) is 113 Å². The Hall–Kier alpha value is -2.07. The van der Waals surface area contributed by atoms with Crippen molar-refractivity contribution in [3.05, 3.63) is 23.8 Å². The van der Waals surface area contributed by atoms with Gasteiger partial charge in [-0.3, -0.25) is 0 Å². The molecule has 228 valence electrons. The number of ether oxygens (including phenoxy) is 2. The molecule has 11 heteroatoms. The smallest absolute Gasteiger partial charge is 0.458 e. The van der Waals surface area contributed by atoms with E-state index >= 15 is 0 Å². The first-order valence-corrected chi connectivity index (χ1v) is 14.4. The fraction of sp³-hybridized carbons (Fsp3) is 0.733. The van der Waals surface area contributed by atoms with Crippen LogP contribution in [0.5, 0.6) is 0 Å². The normalized spacial score (nSPS) is 21.9. The van der Waals surface area contributed by atoms with Crippen molar-refractivity contribution in [3.63, 3.8) is 0 Å². The minimum atomic E-state index is -1.02. The minimum absolute atomic E-state index is 0.122. The molecule has 1 aromatic rings. The zero-order chi connectivity index (χ0) is 31.4. The molecular formula is C30H49B2NO8. The fourth-order valence-electron chi connectivity index (χ4n) is 4.35. The maximum Gasteiger partial charge on any atom is 0.495 e. The molecule has 0 unspecified atom stereocenters. The summed E-state index contributed by atoms with van der Waals surface area (Å²) in [6, 6.07) is 4.73. The molecule has 1 aromatic carbocycles. The molecule has 2 heterocycles. The monoisotopic (exact) mass is 573 g/mol. The van der Waals surface area contributed by atoms with E-state index in [2.05, 4.69) is 5.32 Å². The summed E-state index contributed by atoms with van der Waals surface area (Å²) in [6.45, 7) is 26.6. The van der Waals surface area contributed by atoms with Crippen molar-refractivity contribution in [2.24, 2.45) is 0 Å². The van der Waals surface area contributed by atoms with Crippen LogP contribution in [0.1, 0.15) is 102 Å². The van der Waals surface area contributed by atoms with Crippen molar-refractivity contribution in [1.82, 2.24) is 5.32 Å². The molecule has 0 bridgehead atoms. The summed E-state index contributed by atoms with van der Waals surface area (Å²) in [6.07, 6.45) is -0.587. The van der Waals surface area contributed by atoms with Crippen LogP contribution >= 0.6 is 0 Å². The number of alkyl carbamates (subject to hydrolysis) is 1. The predicted molar refractivity (Wildman–Crippen MR) is 161 cm³/mol. The Labute approximate surface area is 247 Å². The maximum absolute atomic E-state index is 13.3.